The Balaban J connectivity index is 1.37. The van der Waals surface area contributed by atoms with Gasteiger partial charge in [-0.1, -0.05) is 24.3 Å². The molecule has 5 rings (SSSR count). The second-order valence-electron chi connectivity index (χ2n) is 9.16. The predicted octanol–water partition coefficient (Wildman–Crippen LogP) is 1.90. The molecule has 0 spiro atoms. The fourth-order valence-electron chi connectivity index (χ4n) is 4.54. The molecular weight excluding hydrogens is 488 g/mol. The van der Waals surface area contributed by atoms with Crippen molar-refractivity contribution in [1.82, 2.24) is 19.8 Å². The van der Waals surface area contributed by atoms with Gasteiger partial charge in [0, 0.05) is 13.2 Å². The van der Waals surface area contributed by atoms with Crippen molar-refractivity contribution in [1.29, 1.82) is 0 Å². The Morgan fingerprint density at radius 2 is 1.76 bits per heavy atom. The monoisotopic (exact) mass is 516 g/mol. The van der Waals surface area contributed by atoms with Crippen molar-refractivity contribution in [3.8, 4) is 5.69 Å². The van der Waals surface area contributed by atoms with Crippen LogP contribution in [0.3, 0.4) is 0 Å². The maximum Gasteiger partial charge on any atom is 0.336 e. The number of rotatable bonds is 9. The maximum absolute atomic E-state index is 13.5. The van der Waals surface area contributed by atoms with Crippen LogP contribution in [0.15, 0.2) is 80.9 Å². The summed E-state index contributed by atoms with van der Waals surface area (Å²) in [4.78, 5) is 51.8. The highest BCUT2D eigenvalue weighted by Gasteiger charge is 2.18. The van der Waals surface area contributed by atoms with E-state index >= 15 is 0 Å². The van der Waals surface area contributed by atoms with Crippen molar-refractivity contribution in [3.05, 3.63) is 99.1 Å². The standard InChI is InChI=1S/C28H28N4O6/c33-25(29-16-21-5-3-13-37-21)15-19-9-11-20(12-10-19)32-27(35)23-7-1-2-8-24(23)31(28(32)36)18-26(34)30-17-22-6-4-14-38-22/h1-2,4,6-12,14,21H,3,5,13,15-18H2,(H,29,33)(H,30,34). The fraction of sp³-hybridized carbons (Fsp3) is 0.286. The highest BCUT2D eigenvalue weighted by molar-refractivity contribution is 5.82. The quantitative estimate of drug-likeness (QED) is 0.350. The molecule has 1 atom stereocenters. The first kappa shape index (κ1) is 25.2. The zero-order chi connectivity index (χ0) is 26.5. The number of furan rings is 1. The summed E-state index contributed by atoms with van der Waals surface area (Å²) in [6.07, 6.45) is 3.69. The molecule has 2 N–H and O–H groups in total. The van der Waals surface area contributed by atoms with Gasteiger partial charge in [-0.3, -0.25) is 19.0 Å². The number of benzene rings is 2. The molecule has 0 saturated carbocycles. The van der Waals surface area contributed by atoms with Crippen molar-refractivity contribution in [2.45, 2.75) is 38.5 Å². The summed E-state index contributed by atoms with van der Waals surface area (Å²) in [6.45, 7) is 1.12. The van der Waals surface area contributed by atoms with Crippen LogP contribution in [0.5, 0.6) is 0 Å². The minimum Gasteiger partial charge on any atom is -0.467 e. The van der Waals surface area contributed by atoms with E-state index in [9.17, 15) is 19.2 Å². The summed E-state index contributed by atoms with van der Waals surface area (Å²) >= 11 is 0. The lowest BCUT2D eigenvalue weighted by Crippen LogP contribution is -2.41. The maximum atomic E-state index is 13.5. The lowest BCUT2D eigenvalue weighted by Gasteiger charge is -2.14. The Bertz CT molecular complexity index is 1550. The van der Waals surface area contributed by atoms with Gasteiger partial charge in [-0.05, 0) is 54.8 Å². The smallest absolute Gasteiger partial charge is 0.336 e. The highest BCUT2D eigenvalue weighted by atomic mass is 16.5. The van der Waals surface area contributed by atoms with Crippen molar-refractivity contribution in [3.63, 3.8) is 0 Å². The molecule has 2 aromatic carbocycles. The summed E-state index contributed by atoms with van der Waals surface area (Å²) in [7, 11) is 0. The second kappa shape index (κ2) is 11.3. The summed E-state index contributed by atoms with van der Waals surface area (Å²) in [6, 6.07) is 16.8. The lowest BCUT2D eigenvalue weighted by atomic mass is 10.1. The minimum atomic E-state index is -0.635. The number of para-hydroxylation sites is 1. The number of carbonyl (C=O) groups is 2. The molecule has 1 aliphatic heterocycles. The normalized spacial score (nSPS) is 15.0. The molecule has 38 heavy (non-hydrogen) atoms. The third kappa shape index (κ3) is 5.60. The largest absolute Gasteiger partial charge is 0.467 e. The lowest BCUT2D eigenvalue weighted by molar-refractivity contribution is -0.122. The average molecular weight is 517 g/mol. The number of hydrogen-bond donors (Lipinski definition) is 2. The van der Waals surface area contributed by atoms with Crippen molar-refractivity contribution >= 4 is 22.7 Å². The van der Waals surface area contributed by atoms with Crippen LogP contribution in [-0.2, 0) is 33.8 Å². The zero-order valence-corrected chi connectivity index (χ0v) is 20.7. The molecule has 4 aromatic rings. The van der Waals surface area contributed by atoms with E-state index in [0.29, 0.717) is 28.9 Å². The van der Waals surface area contributed by atoms with Crippen LogP contribution in [0.2, 0.25) is 0 Å². The van der Waals surface area contributed by atoms with Crippen LogP contribution in [0.4, 0.5) is 0 Å². The fourth-order valence-corrected chi connectivity index (χ4v) is 4.54. The average Bonchev–Trinajstić information content (AvgIpc) is 3.64. The molecule has 1 saturated heterocycles. The Kier molecular flexibility index (Phi) is 7.50. The van der Waals surface area contributed by atoms with Crippen LogP contribution in [-0.4, -0.2) is 40.2 Å². The van der Waals surface area contributed by atoms with Gasteiger partial charge in [0.25, 0.3) is 5.56 Å². The van der Waals surface area contributed by atoms with Crippen LogP contribution in [0.1, 0.15) is 24.2 Å². The van der Waals surface area contributed by atoms with E-state index in [1.165, 1.54) is 10.8 Å². The molecule has 0 bridgehead atoms. The predicted molar refractivity (Wildman–Crippen MR) is 140 cm³/mol. The topological polar surface area (TPSA) is 125 Å². The van der Waals surface area contributed by atoms with Crippen molar-refractivity contribution in [2.24, 2.45) is 0 Å². The van der Waals surface area contributed by atoms with Crippen LogP contribution in [0.25, 0.3) is 16.6 Å². The Labute approximate surface area is 217 Å². The van der Waals surface area contributed by atoms with Crippen LogP contribution < -0.4 is 21.9 Å². The van der Waals surface area contributed by atoms with Gasteiger partial charge in [0.1, 0.15) is 12.3 Å². The number of amides is 2. The Morgan fingerprint density at radius 1 is 0.947 bits per heavy atom. The van der Waals surface area contributed by atoms with Crippen molar-refractivity contribution in [2.75, 3.05) is 13.2 Å². The number of nitrogens with one attached hydrogen (secondary N) is 2. The molecule has 2 amide bonds. The highest BCUT2D eigenvalue weighted by Crippen LogP contribution is 2.13. The minimum absolute atomic E-state index is 0.0653. The SMILES string of the molecule is O=C(Cc1ccc(-n2c(=O)c3ccccc3n(CC(=O)NCc3ccco3)c2=O)cc1)NCC1CCCO1. The Morgan fingerprint density at radius 3 is 2.50 bits per heavy atom. The number of ether oxygens (including phenoxy) is 1. The van der Waals surface area contributed by atoms with Gasteiger partial charge in [0.05, 0.1) is 41.9 Å². The second-order valence-corrected chi connectivity index (χ2v) is 9.16. The number of fused-ring (bicyclic) bond motifs is 1. The molecule has 1 unspecified atom stereocenters. The first-order valence-corrected chi connectivity index (χ1v) is 12.5. The molecule has 1 fully saturated rings. The first-order valence-electron chi connectivity index (χ1n) is 12.5. The number of carbonyl (C=O) groups excluding carboxylic acids is 2. The summed E-state index contributed by atoms with van der Waals surface area (Å²) < 4.78 is 13.1. The van der Waals surface area contributed by atoms with Gasteiger partial charge in [-0.2, -0.15) is 0 Å². The van der Waals surface area contributed by atoms with Crippen LogP contribution in [0, 0.1) is 0 Å². The molecule has 10 nitrogen and oxygen atoms in total. The molecule has 10 heteroatoms. The van der Waals surface area contributed by atoms with E-state index in [1.54, 1.807) is 60.7 Å². The van der Waals surface area contributed by atoms with Gasteiger partial charge in [0.15, 0.2) is 0 Å². The zero-order valence-electron chi connectivity index (χ0n) is 20.7. The van der Waals surface area contributed by atoms with Gasteiger partial charge < -0.3 is 19.8 Å². The van der Waals surface area contributed by atoms with E-state index in [2.05, 4.69) is 10.6 Å². The Hall–Kier alpha value is -4.44. The van der Waals surface area contributed by atoms with Crippen LogP contribution >= 0.6 is 0 Å². The number of aromatic nitrogens is 2. The van der Waals surface area contributed by atoms with E-state index in [4.69, 9.17) is 9.15 Å². The third-order valence-corrected chi connectivity index (χ3v) is 6.50. The summed E-state index contributed by atoms with van der Waals surface area (Å²) in [5, 5.41) is 5.92. The van der Waals surface area contributed by atoms with Gasteiger partial charge >= 0.3 is 5.69 Å². The van der Waals surface area contributed by atoms with E-state index in [-0.39, 0.29) is 31.5 Å². The first-order chi connectivity index (χ1) is 18.5. The van der Waals surface area contributed by atoms with E-state index in [0.717, 1.165) is 29.6 Å². The van der Waals surface area contributed by atoms with E-state index in [1.807, 2.05) is 0 Å². The number of hydrogen-bond acceptors (Lipinski definition) is 6. The summed E-state index contributed by atoms with van der Waals surface area (Å²) in [5.41, 5.74) is 0.333. The van der Waals surface area contributed by atoms with Gasteiger partial charge in [-0.15, -0.1) is 0 Å². The summed E-state index contributed by atoms with van der Waals surface area (Å²) in [5.74, 6) is 0.0587. The molecule has 1 aliphatic rings. The third-order valence-electron chi connectivity index (χ3n) is 6.50. The molecule has 3 heterocycles. The van der Waals surface area contributed by atoms with E-state index < -0.39 is 17.2 Å². The molecule has 0 aliphatic carbocycles. The number of nitrogens with zero attached hydrogens (tertiary/aromatic N) is 2. The van der Waals surface area contributed by atoms with Gasteiger partial charge in [-0.25, -0.2) is 9.36 Å². The molecule has 2 aromatic heterocycles. The van der Waals surface area contributed by atoms with Gasteiger partial charge in [0.2, 0.25) is 11.8 Å². The molecule has 0 radical (unpaired) electrons. The van der Waals surface area contributed by atoms with Crippen molar-refractivity contribution < 1.29 is 18.7 Å². The molecule has 196 valence electrons. The molecular formula is C28H28N4O6.